The first-order valence-electron chi connectivity index (χ1n) is 9.18. The van der Waals surface area contributed by atoms with Gasteiger partial charge in [0, 0.05) is 32.5 Å². The first kappa shape index (κ1) is 23.6. The van der Waals surface area contributed by atoms with E-state index in [-0.39, 0.29) is 0 Å². The summed E-state index contributed by atoms with van der Waals surface area (Å²) in [5, 5.41) is 0. The van der Waals surface area contributed by atoms with Gasteiger partial charge in [-0.1, -0.05) is 6.07 Å². The van der Waals surface area contributed by atoms with Gasteiger partial charge in [-0.25, -0.2) is 0 Å². The molecule has 2 rings (SSSR count). The summed E-state index contributed by atoms with van der Waals surface area (Å²) in [6, 6.07) is 7.35. The zero-order valence-electron chi connectivity index (χ0n) is 18.7. The van der Waals surface area contributed by atoms with Gasteiger partial charge in [-0.15, -0.1) is 0 Å². The predicted octanol–water partition coefficient (Wildman–Crippen LogP) is 3.76. The smallest absolute Gasteiger partial charge is 0.203 e. The molecule has 30 heavy (non-hydrogen) atoms. The van der Waals surface area contributed by atoms with Crippen molar-refractivity contribution in [3.8, 4) is 28.7 Å². The molecule has 166 valence electrons. The van der Waals surface area contributed by atoms with Crippen LogP contribution in [0, 0.1) is 0 Å². The molecule has 1 atom stereocenters. The van der Waals surface area contributed by atoms with Gasteiger partial charge in [0.15, 0.2) is 29.3 Å². The van der Waals surface area contributed by atoms with Gasteiger partial charge in [-0.3, -0.25) is 0 Å². The summed E-state index contributed by atoms with van der Waals surface area (Å²) in [6.07, 6.45) is -1.24. The highest BCUT2D eigenvalue weighted by Gasteiger charge is 2.31. The summed E-state index contributed by atoms with van der Waals surface area (Å²) in [4.78, 5) is 0. The molecular formula is C22H30O8. The molecule has 2 aromatic rings. The zero-order valence-corrected chi connectivity index (χ0v) is 18.7. The van der Waals surface area contributed by atoms with Crippen molar-refractivity contribution < 1.29 is 37.9 Å². The van der Waals surface area contributed by atoms with Gasteiger partial charge in [0.2, 0.25) is 5.75 Å². The van der Waals surface area contributed by atoms with E-state index in [4.69, 9.17) is 37.9 Å². The maximum Gasteiger partial charge on any atom is 0.203 e. The van der Waals surface area contributed by atoms with E-state index in [9.17, 15) is 0 Å². The van der Waals surface area contributed by atoms with Crippen LogP contribution >= 0.6 is 0 Å². The van der Waals surface area contributed by atoms with Crippen LogP contribution in [0.3, 0.4) is 0 Å². The highest BCUT2D eigenvalue weighted by Crippen LogP contribution is 2.49. The Balaban J connectivity index is 2.83. The summed E-state index contributed by atoms with van der Waals surface area (Å²) in [5.74, 6) is 2.56. The maximum absolute atomic E-state index is 5.91. The van der Waals surface area contributed by atoms with Crippen molar-refractivity contribution in [1.82, 2.24) is 0 Å². The second-order valence-electron chi connectivity index (χ2n) is 6.18. The van der Waals surface area contributed by atoms with Crippen molar-refractivity contribution in [2.24, 2.45) is 0 Å². The largest absolute Gasteiger partial charge is 0.493 e. The van der Waals surface area contributed by atoms with Gasteiger partial charge >= 0.3 is 0 Å². The van der Waals surface area contributed by atoms with Gasteiger partial charge in [0.25, 0.3) is 0 Å². The molecule has 2 aromatic carbocycles. The lowest BCUT2D eigenvalue weighted by molar-refractivity contribution is -0.107. The summed E-state index contributed by atoms with van der Waals surface area (Å²) >= 11 is 0. The molecule has 0 bridgehead atoms. The normalized spacial score (nSPS) is 11.9. The number of benzene rings is 2. The van der Waals surface area contributed by atoms with E-state index in [0.29, 0.717) is 39.9 Å². The molecule has 0 aliphatic rings. The van der Waals surface area contributed by atoms with Gasteiger partial charge in [-0.05, 0) is 23.8 Å². The molecule has 0 amide bonds. The fourth-order valence-electron chi connectivity index (χ4n) is 3.45. The standard InChI is InChI=1S/C22H30O8/c1-23-15-10-9-13(11-16(15)24-2)19(26-4)18-14(22(29-7)30-8)12-17(25-3)20(27-5)21(18)28-6/h9-12,19,22H,1-8H3. The average molecular weight is 422 g/mol. The van der Waals surface area contributed by atoms with Crippen molar-refractivity contribution >= 4 is 0 Å². The quantitative estimate of drug-likeness (QED) is 0.507. The minimum Gasteiger partial charge on any atom is -0.493 e. The molecule has 0 aliphatic carbocycles. The lowest BCUT2D eigenvalue weighted by Crippen LogP contribution is -2.15. The SMILES string of the molecule is COc1ccc(C(OC)c2c(C(OC)OC)cc(OC)c(OC)c2OC)cc1OC. The Morgan fingerprint density at radius 2 is 1.17 bits per heavy atom. The van der Waals surface area contributed by atoms with Gasteiger partial charge in [0.05, 0.1) is 35.5 Å². The number of hydrogen-bond acceptors (Lipinski definition) is 8. The van der Waals surface area contributed by atoms with Crippen molar-refractivity contribution in [1.29, 1.82) is 0 Å². The van der Waals surface area contributed by atoms with Crippen LogP contribution in [0.2, 0.25) is 0 Å². The van der Waals surface area contributed by atoms with Crippen LogP contribution < -0.4 is 23.7 Å². The molecule has 0 heterocycles. The lowest BCUT2D eigenvalue weighted by Gasteiger charge is -2.28. The molecule has 0 saturated heterocycles. The molecule has 0 radical (unpaired) electrons. The van der Waals surface area contributed by atoms with Crippen LogP contribution in [0.1, 0.15) is 29.1 Å². The lowest BCUT2D eigenvalue weighted by atomic mass is 9.93. The summed E-state index contributed by atoms with van der Waals surface area (Å²) in [5.41, 5.74) is 2.17. The second kappa shape index (κ2) is 10.9. The fourth-order valence-corrected chi connectivity index (χ4v) is 3.45. The van der Waals surface area contributed by atoms with Crippen molar-refractivity contribution in [2.45, 2.75) is 12.4 Å². The fraction of sp³-hybridized carbons (Fsp3) is 0.455. The topological polar surface area (TPSA) is 73.8 Å². The predicted molar refractivity (Wildman–Crippen MR) is 111 cm³/mol. The Morgan fingerprint density at radius 3 is 1.63 bits per heavy atom. The molecule has 0 fully saturated rings. The summed E-state index contributed by atoms with van der Waals surface area (Å²) in [7, 11) is 12.5. The summed E-state index contributed by atoms with van der Waals surface area (Å²) < 4.78 is 44.6. The van der Waals surface area contributed by atoms with Crippen LogP contribution in [0.25, 0.3) is 0 Å². The van der Waals surface area contributed by atoms with Crippen LogP contribution in [-0.2, 0) is 14.2 Å². The monoisotopic (exact) mass is 422 g/mol. The number of methoxy groups -OCH3 is 8. The molecule has 0 N–H and O–H groups in total. The van der Waals surface area contributed by atoms with Crippen LogP contribution in [0.4, 0.5) is 0 Å². The van der Waals surface area contributed by atoms with Crippen LogP contribution in [-0.4, -0.2) is 56.9 Å². The van der Waals surface area contributed by atoms with E-state index in [1.165, 1.54) is 0 Å². The Bertz CT molecular complexity index is 832. The first-order chi connectivity index (χ1) is 14.5. The molecule has 0 saturated carbocycles. The molecule has 0 aliphatic heterocycles. The van der Waals surface area contributed by atoms with E-state index in [1.807, 2.05) is 18.2 Å². The molecule has 0 spiro atoms. The molecule has 0 aromatic heterocycles. The Labute approximate surface area is 177 Å². The minimum atomic E-state index is -0.688. The molecule has 1 unspecified atom stereocenters. The van der Waals surface area contributed by atoms with Crippen LogP contribution in [0.5, 0.6) is 28.7 Å². The van der Waals surface area contributed by atoms with E-state index >= 15 is 0 Å². The minimum absolute atomic E-state index is 0.437. The van der Waals surface area contributed by atoms with Crippen LogP contribution in [0.15, 0.2) is 24.3 Å². The third-order valence-corrected chi connectivity index (χ3v) is 4.79. The first-order valence-corrected chi connectivity index (χ1v) is 9.18. The Hall–Kier alpha value is -2.68. The Kier molecular flexibility index (Phi) is 8.58. The number of ether oxygens (including phenoxy) is 8. The second-order valence-corrected chi connectivity index (χ2v) is 6.18. The van der Waals surface area contributed by atoms with Gasteiger partial charge < -0.3 is 37.9 Å². The average Bonchev–Trinajstić information content (AvgIpc) is 2.79. The van der Waals surface area contributed by atoms with E-state index < -0.39 is 12.4 Å². The Morgan fingerprint density at radius 1 is 0.567 bits per heavy atom. The summed E-state index contributed by atoms with van der Waals surface area (Å²) in [6.45, 7) is 0. The van der Waals surface area contributed by atoms with E-state index in [0.717, 1.165) is 5.56 Å². The van der Waals surface area contributed by atoms with Gasteiger partial charge in [0.1, 0.15) is 6.10 Å². The third-order valence-electron chi connectivity index (χ3n) is 4.79. The highest BCUT2D eigenvalue weighted by molar-refractivity contribution is 5.62. The van der Waals surface area contributed by atoms with Crippen molar-refractivity contribution in [2.75, 3.05) is 56.9 Å². The molecule has 8 heteroatoms. The molecule has 8 nitrogen and oxygen atoms in total. The number of hydrogen-bond donors (Lipinski definition) is 0. The third kappa shape index (κ3) is 4.40. The van der Waals surface area contributed by atoms with Gasteiger partial charge in [-0.2, -0.15) is 0 Å². The van der Waals surface area contributed by atoms with E-state index in [2.05, 4.69) is 0 Å². The highest BCUT2D eigenvalue weighted by atomic mass is 16.7. The zero-order chi connectivity index (χ0) is 22.3. The van der Waals surface area contributed by atoms with Crippen molar-refractivity contribution in [3.05, 3.63) is 41.0 Å². The molecular weight excluding hydrogens is 392 g/mol. The number of rotatable bonds is 11. The maximum atomic E-state index is 5.91. The van der Waals surface area contributed by atoms with E-state index in [1.54, 1.807) is 62.9 Å². The van der Waals surface area contributed by atoms with Crippen molar-refractivity contribution in [3.63, 3.8) is 0 Å².